The van der Waals surface area contributed by atoms with Gasteiger partial charge in [0.1, 0.15) is 9.46 Å². The van der Waals surface area contributed by atoms with Gasteiger partial charge < -0.3 is 5.32 Å². The van der Waals surface area contributed by atoms with E-state index < -0.39 is 15.1 Å². The summed E-state index contributed by atoms with van der Waals surface area (Å²) in [5.74, 6) is -0.275. The van der Waals surface area contributed by atoms with Crippen LogP contribution in [-0.2, 0) is 9.84 Å². The molecule has 2 aromatic heterocycles. The molecule has 1 aromatic carbocycles. The molecule has 0 fully saturated rings. The van der Waals surface area contributed by atoms with Crippen LogP contribution in [0, 0.1) is 6.92 Å². The minimum atomic E-state index is -3.55. The Bertz CT molecular complexity index is 928. The molecule has 3 rings (SSSR count). The van der Waals surface area contributed by atoms with Crippen LogP contribution in [0.25, 0.3) is 0 Å². The van der Waals surface area contributed by atoms with E-state index in [-0.39, 0.29) is 12.5 Å². The third-order valence-corrected chi connectivity index (χ3v) is 8.42. The molecule has 1 amide bonds. The molecule has 1 atom stereocenters. The SMILES string of the molecule is Cc1ccc(C(=O)NC[C@@H](c2cccs2)S(=O)(=O)c2cccs2)cc1. The van der Waals surface area contributed by atoms with Gasteiger partial charge in [0.25, 0.3) is 5.91 Å². The molecule has 0 bridgehead atoms. The minimum Gasteiger partial charge on any atom is -0.350 e. The maximum atomic E-state index is 13.0. The van der Waals surface area contributed by atoms with Crippen molar-refractivity contribution in [3.63, 3.8) is 0 Å². The van der Waals surface area contributed by atoms with E-state index in [2.05, 4.69) is 5.32 Å². The second-order valence-corrected chi connectivity index (χ2v) is 9.84. The van der Waals surface area contributed by atoms with E-state index in [4.69, 9.17) is 0 Å². The highest BCUT2D eigenvalue weighted by molar-refractivity contribution is 7.93. The van der Waals surface area contributed by atoms with Crippen LogP contribution in [0.15, 0.2) is 63.5 Å². The highest BCUT2D eigenvalue weighted by Gasteiger charge is 2.31. The Labute approximate surface area is 155 Å². The maximum absolute atomic E-state index is 13.0. The standard InChI is InChI=1S/C18H17NO3S3/c1-13-6-8-14(9-7-13)18(20)19-12-16(15-4-2-10-23-15)25(21,22)17-5-3-11-24-17/h2-11,16H,12H2,1H3,(H,19,20)/t16-/m0/s1. The zero-order valence-corrected chi connectivity index (χ0v) is 16.0. The van der Waals surface area contributed by atoms with Gasteiger partial charge in [0.05, 0.1) is 0 Å². The molecule has 0 aliphatic heterocycles. The van der Waals surface area contributed by atoms with E-state index in [1.54, 1.807) is 35.7 Å². The monoisotopic (exact) mass is 391 g/mol. The fraction of sp³-hybridized carbons (Fsp3) is 0.167. The fourth-order valence-electron chi connectivity index (χ4n) is 2.40. The molecule has 0 aliphatic carbocycles. The van der Waals surface area contributed by atoms with E-state index in [1.165, 1.54) is 22.7 Å². The summed E-state index contributed by atoms with van der Waals surface area (Å²) in [6.07, 6.45) is 0. The fourth-order valence-corrected chi connectivity index (χ4v) is 6.38. The summed E-state index contributed by atoms with van der Waals surface area (Å²) in [7, 11) is -3.55. The van der Waals surface area contributed by atoms with Gasteiger partial charge in [0.15, 0.2) is 9.84 Å². The van der Waals surface area contributed by atoms with Gasteiger partial charge in [0, 0.05) is 17.0 Å². The Hall–Kier alpha value is -1.96. The number of thiophene rings is 2. The first kappa shape index (κ1) is 17.8. The highest BCUT2D eigenvalue weighted by atomic mass is 32.2. The van der Waals surface area contributed by atoms with Crippen molar-refractivity contribution in [1.29, 1.82) is 0 Å². The number of nitrogens with one attached hydrogen (secondary N) is 1. The summed E-state index contributed by atoms with van der Waals surface area (Å²) in [4.78, 5) is 13.1. The van der Waals surface area contributed by atoms with Gasteiger partial charge in [0.2, 0.25) is 0 Å². The molecule has 0 radical (unpaired) electrons. The molecule has 0 saturated heterocycles. The predicted octanol–water partition coefficient (Wildman–Crippen LogP) is 4.06. The van der Waals surface area contributed by atoms with Gasteiger partial charge >= 0.3 is 0 Å². The van der Waals surface area contributed by atoms with Crippen molar-refractivity contribution in [2.45, 2.75) is 16.4 Å². The Balaban J connectivity index is 1.82. The topological polar surface area (TPSA) is 63.2 Å². The van der Waals surface area contributed by atoms with Crippen LogP contribution in [0.5, 0.6) is 0 Å². The van der Waals surface area contributed by atoms with Gasteiger partial charge in [-0.15, -0.1) is 22.7 Å². The first-order valence-corrected chi connectivity index (χ1v) is 10.9. The quantitative estimate of drug-likeness (QED) is 0.689. The van der Waals surface area contributed by atoms with Crippen LogP contribution in [0.4, 0.5) is 0 Å². The summed E-state index contributed by atoms with van der Waals surface area (Å²) in [6.45, 7) is 1.98. The summed E-state index contributed by atoms with van der Waals surface area (Å²) in [5.41, 5.74) is 1.58. The average molecular weight is 392 g/mol. The van der Waals surface area contributed by atoms with Gasteiger partial charge in [-0.1, -0.05) is 29.8 Å². The lowest BCUT2D eigenvalue weighted by atomic mass is 10.1. The molecule has 4 nitrogen and oxygen atoms in total. The average Bonchev–Trinajstić information content (AvgIpc) is 3.29. The van der Waals surface area contributed by atoms with E-state index in [0.29, 0.717) is 9.77 Å². The highest BCUT2D eigenvalue weighted by Crippen LogP contribution is 2.33. The zero-order valence-electron chi connectivity index (χ0n) is 13.5. The maximum Gasteiger partial charge on any atom is 0.251 e. The molecule has 7 heteroatoms. The van der Waals surface area contributed by atoms with Crippen LogP contribution >= 0.6 is 22.7 Å². The predicted molar refractivity (Wildman–Crippen MR) is 102 cm³/mol. The second-order valence-electron chi connectivity index (χ2n) is 5.56. The van der Waals surface area contributed by atoms with Gasteiger partial charge in [-0.25, -0.2) is 8.42 Å². The zero-order chi connectivity index (χ0) is 17.9. The van der Waals surface area contributed by atoms with Crippen molar-refractivity contribution in [1.82, 2.24) is 5.32 Å². The normalized spacial score (nSPS) is 12.7. The van der Waals surface area contributed by atoms with E-state index in [0.717, 1.165) is 10.4 Å². The Morgan fingerprint density at radius 3 is 2.32 bits per heavy atom. The van der Waals surface area contributed by atoms with E-state index in [9.17, 15) is 13.2 Å². The number of rotatable bonds is 6. The molecule has 2 heterocycles. The molecule has 130 valence electrons. The van der Waals surface area contributed by atoms with Crippen molar-refractivity contribution in [2.75, 3.05) is 6.54 Å². The van der Waals surface area contributed by atoms with Gasteiger partial charge in [-0.2, -0.15) is 0 Å². The van der Waals surface area contributed by atoms with Crippen LogP contribution < -0.4 is 5.32 Å². The molecule has 0 spiro atoms. The van der Waals surface area contributed by atoms with Crippen LogP contribution in [0.1, 0.15) is 26.0 Å². The molecule has 3 aromatic rings. The van der Waals surface area contributed by atoms with Crippen molar-refractivity contribution < 1.29 is 13.2 Å². The summed E-state index contributed by atoms with van der Waals surface area (Å²) in [6, 6.07) is 14.1. The Kier molecular flexibility index (Phi) is 5.36. The molecule has 0 unspecified atom stereocenters. The van der Waals surface area contributed by atoms with Crippen molar-refractivity contribution in [3.05, 3.63) is 75.3 Å². The number of aryl methyl sites for hydroxylation is 1. The van der Waals surface area contributed by atoms with Crippen molar-refractivity contribution in [3.8, 4) is 0 Å². The first-order chi connectivity index (χ1) is 12.0. The summed E-state index contributed by atoms with van der Waals surface area (Å²) < 4.78 is 26.2. The smallest absolute Gasteiger partial charge is 0.251 e. The number of benzene rings is 1. The number of carbonyl (C=O) groups is 1. The van der Waals surface area contributed by atoms with Gasteiger partial charge in [-0.3, -0.25) is 4.79 Å². The molecular weight excluding hydrogens is 374 g/mol. The largest absolute Gasteiger partial charge is 0.350 e. The molecule has 1 N–H and O–H groups in total. The number of amides is 1. The second kappa shape index (κ2) is 7.51. The van der Waals surface area contributed by atoms with Crippen LogP contribution in [0.2, 0.25) is 0 Å². The Morgan fingerprint density at radius 2 is 1.72 bits per heavy atom. The summed E-state index contributed by atoms with van der Waals surface area (Å²) >= 11 is 2.57. The third kappa shape index (κ3) is 4.00. The number of hydrogen-bond donors (Lipinski definition) is 1. The lowest BCUT2D eigenvalue weighted by Gasteiger charge is -2.16. The Morgan fingerprint density at radius 1 is 1.04 bits per heavy atom. The molecule has 0 aliphatic rings. The lowest BCUT2D eigenvalue weighted by Crippen LogP contribution is -2.31. The molecule has 25 heavy (non-hydrogen) atoms. The van der Waals surface area contributed by atoms with Crippen LogP contribution in [0.3, 0.4) is 0 Å². The third-order valence-electron chi connectivity index (χ3n) is 3.77. The number of sulfone groups is 1. The van der Waals surface area contributed by atoms with Crippen LogP contribution in [-0.4, -0.2) is 20.9 Å². The van der Waals surface area contributed by atoms with Gasteiger partial charge in [-0.05, 0) is 41.9 Å². The summed E-state index contributed by atoms with van der Waals surface area (Å²) in [5, 5.41) is 5.56. The number of carbonyl (C=O) groups excluding carboxylic acids is 1. The van der Waals surface area contributed by atoms with Crippen molar-refractivity contribution >= 4 is 38.4 Å². The number of hydrogen-bond acceptors (Lipinski definition) is 5. The van der Waals surface area contributed by atoms with Crippen molar-refractivity contribution in [2.24, 2.45) is 0 Å². The minimum absolute atomic E-state index is 0.0352. The molecule has 0 saturated carbocycles. The lowest BCUT2D eigenvalue weighted by molar-refractivity contribution is 0.0954. The van der Waals surface area contributed by atoms with E-state index >= 15 is 0 Å². The first-order valence-electron chi connectivity index (χ1n) is 7.64. The van der Waals surface area contributed by atoms with E-state index in [1.807, 2.05) is 30.5 Å². The molecular formula is C18H17NO3S3.